The molecule has 0 unspecified atom stereocenters. The fourth-order valence-electron chi connectivity index (χ4n) is 2.26. The van der Waals surface area contributed by atoms with E-state index < -0.39 is 11.2 Å². The van der Waals surface area contributed by atoms with Crippen LogP contribution in [0.5, 0.6) is 0 Å². The molecule has 0 aromatic rings. The van der Waals surface area contributed by atoms with Gasteiger partial charge >= 0.3 is 12.2 Å². The summed E-state index contributed by atoms with van der Waals surface area (Å²) < 4.78 is 10.2. The number of nitrogens with one attached hydrogen (secondary N) is 2. The summed E-state index contributed by atoms with van der Waals surface area (Å²) >= 11 is 0. The van der Waals surface area contributed by atoms with Gasteiger partial charge < -0.3 is 31.6 Å². The topological polar surface area (TPSA) is 129 Å². The number of carbonyl (C=O) groups is 2. The Morgan fingerprint density at radius 1 is 0.600 bits per heavy atom. The number of amides is 2. The van der Waals surface area contributed by atoms with Gasteiger partial charge in [-0.2, -0.15) is 0 Å². The number of nitrogens with two attached hydrogens (primary N) is 2. The average Bonchev–Trinajstić information content (AvgIpc) is 2.58. The average molecular weight is 433 g/mol. The SMILES string of the molecule is CC(C)(C)OC(=O)NCCCCCCN.CC(C)(C)OC(=O)NCCCCCCN. The summed E-state index contributed by atoms with van der Waals surface area (Å²) in [5.74, 6) is 0. The van der Waals surface area contributed by atoms with Crippen LogP contribution in [0.4, 0.5) is 9.59 Å². The number of alkyl carbamates (subject to hydrolysis) is 2. The molecular weight excluding hydrogens is 384 g/mol. The van der Waals surface area contributed by atoms with Gasteiger partial charge in [-0.15, -0.1) is 0 Å². The fourth-order valence-corrected chi connectivity index (χ4v) is 2.26. The molecule has 8 nitrogen and oxygen atoms in total. The van der Waals surface area contributed by atoms with Crippen molar-refractivity contribution in [1.82, 2.24) is 10.6 Å². The van der Waals surface area contributed by atoms with Crippen molar-refractivity contribution in [3.8, 4) is 0 Å². The Labute approximate surface area is 184 Å². The number of rotatable bonds is 12. The van der Waals surface area contributed by atoms with Crippen molar-refractivity contribution in [2.24, 2.45) is 11.5 Å². The Balaban J connectivity index is 0. The summed E-state index contributed by atoms with van der Waals surface area (Å²) in [4.78, 5) is 22.4. The molecule has 180 valence electrons. The Bertz CT molecular complexity index is 392. The monoisotopic (exact) mass is 432 g/mol. The highest BCUT2D eigenvalue weighted by Crippen LogP contribution is 2.07. The molecule has 0 saturated carbocycles. The maximum Gasteiger partial charge on any atom is 0.407 e. The van der Waals surface area contributed by atoms with Crippen molar-refractivity contribution in [2.75, 3.05) is 26.2 Å². The predicted octanol–water partition coefficient (Wildman–Crippen LogP) is 4.06. The van der Waals surface area contributed by atoms with Crippen LogP contribution in [0.3, 0.4) is 0 Å². The van der Waals surface area contributed by atoms with Gasteiger partial charge in [0.2, 0.25) is 0 Å². The van der Waals surface area contributed by atoms with Crippen molar-refractivity contribution in [3.63, 3.8) is 0 Å². The molecule has 0 fully saturated rings. The number of carbonyl (C=O) groups excluding carboxylic acids is 2. The molecule has 0 bridgehead atoms. The highest BCUT2D eigenvalue weighted by molar-refractivity contribution is 5.67. The normalized spacial score (nSPS) is 11.2. The van der Waals surface area contributed by atoms with E-state index in [4.69, 9.17) is 20.9 Å². The third-order valence-electron chi connectivity index (χ3n) is 3.60. The van der Waals surface area contributed by atoms with Gasteiger partial charge in [0.05, 0.1) is 0 Å². The van der Waals surface area contributed by atoms with Gasteiger partial charge in [-0.1, -0.05) is 25.7 Å². The van der Waals surface area contributed by atoms with E-state index in [0.29, 0.717) is 13.1 Å². The summed E-state index contributed by atoms with van der Waals surface area (Å²) in [5, 5.41) is 5.45. The Kier molecular flexibility index (Phi) is 18.6. The summed E-state index contributed by atoms with van der Waals surface area (Å²) in [6, 6.07) is 0. The molecule has 0 atom stereocenters. The van der Waals surface area contributed by atoms with E-state index >= 15 is 0 Å². The van der Waals surface area contributed by atoms with E-state index in [1.807, 2.05) is 41.5 Å². The molecule has 0 aliphatic rings. The smallest absolute Gasteiger partial charge is 0.407 e. The van der Waals surface area contributed by atoms with E-state index in [1.165, 1.54) is 0 Å². The number of ether oxygens (including phenoxy) is 2. The van der Waals surface area contributed by atoms with E-state index in [-0.39, 0.29) is 12.2 Å². The molecule has 0 aromatic heterocycles. The molecule has 0 aliphatic heterocycles. The standard InChI is InChI=1S/2C11H24N2O2/c2*1-11(2,3)15-10(14)13-9-7-5-4-6-8-12/h2*4-9,12H2,1-3H3,(H,13,14). The molecular formula is C22H48N4O4. The number of unbranched alkanes of at least 4 members (excludes halogenated alkanes) is 6. The molecule has 30 heavy (non-hydrogen) atoms. The minimum Gasteiger partial charge on any atom is -0.444 e. The molecule has 2 amide bonds. The first-order valence-electron chi connectivity index (χ1n) is 11.2. The first kappa shape index (κ1) is 30.7. The third kappa shape index (κ3) is 28.7. The molecule has 0 aromatic carbocycles. The van der Waals surface area contributed by atoms with Crippen LogP contribution >= 0.6 is 0 Å². The summed E-state index contributed by atoms with van der Waals surface area (Å²) in [6.45, 7) is 14.0. The van der Waals surface area contributed by atoms with Crippen molar-refractivity contribution in [3.05, 3.63) is 0 Å². The first-order valence-corrected chi connectivity index (χ1v) is 11.2. The zero-order valence-corrected chi connectivity index (χ0v) is 20.3. The second kappa shape index (κ2) is 18.2. The van der Waals surface area contributed by atoms with E-state index in [9.17, 15) is 9.59 Å². The largest absolute Gasteiger partial charge is 0.444 e. The summed E-state index contributed by atoms with van der Waals surface area (Å²) in [7, 11) is 0. The van der Waals surface area contributed by atoms with Gasteiger partial charge in [0.1, 0.15) is 11.2 Å². The van der Waals surface area contributed by atoms with Crippen LogP contribution in [0, 0.1) is 0 Å². The Morgan fingerprint density at radius 3 is 1.17 bits per heavy atom. The lowest BCUT2D eigenvalue weighted by Gasteiger charge is -2.19. The molecule has 0 rings (SSSR count). The Morgan fingerprint density at radius 2 is 0.900 bits per heavy atom. The number of hydrogen-bond donors (Lipinski definition) is 4. The Hall–Kier alpha value is -1.54. The first-order chi connectivity index (χ1) is 13.9. The van der Waals surface area contributed by atoms with Crippen LogP contribution in [0.1, 0.15) is 92.9 Å². The van der Waals surface area contributed by atoms with Gasteiger partial charge in [-0.05, 0) is 80.3 Å². The molecule has 0 spiro atoms. The lowest BCUT2D eigenvalue weighted by Crippen LogP contribution is -2.33. The fraction of sp³-hybridized carbons (Fsp3) is 0.909. The lowest BCUT2D eigenvalue weighted by atomic mass is 10.2. The second-order valence-electron chi connectivity index (χ2n) is 9.26. The molecule has 0 saturated heterocycles. The van der Waals surface area contributed by atoms with Crippen molar-refractivity contribution in [2.45, 2.75) is 104 Å². The van der Waals surface area contributed by atoms with E-state index in [2.05, 4.69) is 10.6 Å². The van der Waals surface area contributed by atoms with Crippen LogP contribution in [0.25, 0.3) is 0 Å². The van der Waals surface area contributed by atoms with E-state index in [0.717, 1.165) is 64.5 Å². The minimum absolute atomic E-state index is 0.332. The molecule has 0 radical (unpaired) electrons. The zero-order valence-electron chi connectivity index (χ0n) is 20.3. The van der Waals surface area contributed by atoms with Crippen LogP contribution in [-0.2, 0) is 9.47 Å². The molecule has 0 aliphatic carbocycles. The molecule has 0 heterocycles. The maximum atomic E-state index is 11.2. The van der Waals surface area contributed by atoms with E-state index in [1.54, 1.807) is 0 Å². The summed E-state index contributed by atoms with van der Waals surface area (Å²) in [6.07, 6.45) is 7.90. The van der Waals surface area contributed by atoms with Crippen molar-refractivity contribution in [1.29, 1.82) is 0 Å². The van der Waals surface area contributed by atoms with Crippen molar-refractivity contribution < 1.29 is 19.1 Å². The summed E-state index contributed by atoms with van der Waals surface area (Å²) in [5.41, 5.74) is 9.92. The maximum absolute atomic E-state index is 11.2. The highest BCUT2D eigenvalue weighted by Gasteiger charge is 2.15. The minimum atomic E-state index is -0.413. The van der Waals surface area contributed by atoms with Crippen LogP contribution < -0.4 is 22.1 Å². The molecule has 6 N–H and O–H groups in total. The molecule has 8 heteroatoms. The third-order valence-corrected chi connectivity index (χ3v) is 3.60. The van der Waals surface area contributed by atoms with Gasteiger partial charge in [0.25, 0.3) is 0 Å². The van der Waals surface area contributed by atoms with Crippen LogP contribution in [0.2, 0.25) is 0 Å². The van der Waals surface area contributed by atoms with Crippen molar-refractivity contribution >= 4 is 12.2 Å². The second-order valence-corrected chi connectivity index (χ2v) is 9.26. The predicted molar refractivity (Wildman–Crippen MR) is 124 cm³/mol. The highest BCUT2D eigenvalue weighted by atomic mass is 16.6. The van der Waals surface area contributed by atoms with Crippen LogP contribution in [0.15, 0.2) is 0 Å². The quantitative estimate of drug-likeness (QED) is 0.344. The van der Waals surface area contributed by atoms with Gasteiger partial charge in [-0.25, -0.2) is 9.59 Å². The van der Waals surface area contributed by atoms with Gasteiger partial charge in [0, 0.05) is 13.1 Å². The lowest BCUT2D eigenvalue weighted by molar-refractivity contribution is 0.0515. The number of hydrogen-bond acceptors (Lipinski definition) is 6. The van der Waals surface area contributed by atoms with Gasteiger partial charge in [0.15, 0.2) is 0 Å². The van der Waals surface area contributed by atoms with Gasteiger partial charge in [-0.3, -0.25) is 0 Å². The van der Waals surface area contributed by atoms with Crippen LogP contribution in [-0.4, -0.2) is 49.6 Å². The zero-order chi connectivity index (χ0) is 23.5.